The van der Waals surface area contributed by atoms with Gasteiger partial charge < -0.3 is 4.74 Å². The van der Waals surface area contributed by atoms with Crippen molar-refractivity contribution < 1.29 is 14.3 Å². The van der Waals surface area contributed by atoms with Gasteiger partial charge in [0, 0.05) is 11.8 Å². The Bertz CT molecular complexity index is 331. The van der Waals surface area contributed by atoms with E-state index >= 15 is 0 Å². The number of hydrogen-bond donors (Lipinski definition) is 1. The summed E-state index contributed by atoms with van der Waals surface area (Å²) in [6, 6.07) is 0. The molecule has 1 N–H and O–H groups in total. The minimum Gasteiger partial charge on any atom is -0.362 e. The van der Waals surface area contributed by atoms with Gasteiger partial charge in [0.05, 0.1) is 12.7 Å². The van der Waals surface area contributed by atoms with Gasteiger partial charge in [-0.1, -0.05) is 0 Å². The van der Waals surface area contributed by atoms with E-state index in [2.05, 4.69) is 10.2 Å². The molecule has 0 radical (unpaired) electrons. The number of amides is 2. The first kappa shape index (κ1) is 8.89. The molecule has 0 bridgehead atoms. The fourth-order valence-electron chi connectivity index (χ4n) is 1.24. The molecule has 2 amide bonds. The molecule has 0 atom stereocenters. The molecule has 74 valence electrons. The van der Waals surface area contributed by atoms with Crippen molar-refractivity contribution in [3.8, 4) is 0 Å². The summed E-state index contributed by atoms with van der Waals surface area (Å²) >= 11 is 0. The van der Waals surface area contributed by atoms with Crippen molar-refractivity contribution in [1.82, 2.24) is 15.1 Å². The molecule has 6 heteroatoms. The van der Waals surface area contributed by atoms with Crippen LogP contribution in [0.3, 0.4) is 0 Å². The minimum atomic E-state index is -0.303. The van der Waals surface area contributed by atoms with Gasteiger partial charge in [0.25, 0.3) is 11.8 Å². The number of H-pyrrole nitrogens is 1. The summed E-state index contributed by atoms with van der Waals surface area (Å²) in [6.45, 7) is 0.213. The van der Waals surface area contributed by atoms with Gasteiger partial charge in [-0.05, 0) is 0 Å². The van der Waals surface area contributed by atoms with Crippen LogP contribution >= 0.6 is 0 Å². The second-order valence-corrected chi connectivity index (χ2v) is 2.97. The van der Waals surface area contributed by atoms with Gasteiger partial charge in [-0.2, -0.15) is 5.10 Å². The molecule has 0 spiro atoms. The zero-order valence-electron chi connectivity index (χ0n) is 7.40. The summed E-state index contributed by atoms with van der Waals surface area (Å²) in [6.07, 6.45) is 3.23. The third kappa shape index (κ3) is 1.64. The standard InChI is InChI=1S/C8H9N3O3/c12-7-4-14-5-8(13)11(7)3-6-1-9-10-2-6/h1-2H,3-5H2,(H,9,10). The molecular weight excluding hydrogens is 186 g/mol. The van der Waals surface area contributed by atoms with Crippen LogP contribution in [0.4, 0.5) is 0 Å². The van der Waals surface area contributed by atoms with Crippen molar-refractivity contribution in [2.75, 3.05) is 13.2 Å². The molecule has 14 heavy (non-hydrogen) atoms. The van der Waals surface area contributed by atoms with E-state index in [1.807, 2.05) is 0 Å². The van der Waals surface area contributed by atoms with Crippen molar-refractivity contribution in [1.29, 1.82) is 0 Å². The number of morpholine rings is 1. The lowest BCUT2D eigenvalue weighted by Crippen LogP contribution is -2.45. The Morgan fingerprint density at radius 2 is 2.14 bits per heavy atom. The second kappa shape index (κ2) is 3.59. The monoisotopic (exact) mass is 195 g/mol. The number of nitrogens with zero attached hydrogens (tertiary/aromatic N) is 2. The Labute approximate surface area is 79.8 Å². The smallest absolute Gasteiger partial charge is 0.255 e. The average molecular weight is 195 g/mol. The lowest BCUT2D eigenvalue weighted by molar-refractivity contribution is -0.159. The summed E-state index contributed by atoms with van der Waals surface area (Å²) < 4.78 is 4.78. The highest BCUT2D eigenvalue weighted by molar-refractivity contribution is 5.98. The predicted molar refractivity (Wildman–Crippen MR) is 45.0 cm³/mol. The number of hydrogen-bond acceptors (Lipinski definition) is 4. The number of aromatic amines is 1. The summed E-state index contributed by atoms with van der Waals surface area (Å²) in [5.41, 5.74) is 0.800. The summed E-state index contributed by atoms with van der Waals surface area (Å²) in [5.74, 6) is -0.607. The van der Waals surface area contributed by atoms with E-state index in [0.717, 1.165) is 5.56 Å². The quantitative estimate of drug-likeness (QED) is 0.633. The van der Waals surface area contributed by atoms with Crippen LogP contribution in [-0.2, 0) is 20.9 Å². The van der Waals surface area contributed by atoms with E-state index in [9.17, 15) is 9.59 Å². The van der Waals surface area contributed by atoms with E-state index in [1.165, 1.54) is 4.90 Å². The fourth-order valence-corrected chi connectivity index (χ4v) is 1.24. The second-order valence-electron chi connectivity index (χ2n) is 2.97. The van der Waals surface area contributed by atoms with E-state index < -0.39 is 0 Å². The maximum atomic E-state index is 11.3. The van der Waals surface area contributed by atoms with Crippen LogP contribution in [0, 0.1) is 0 Å². The Balaban J connectivity index is 2.08. The first-order chi connectivity index (χ1) is 6.77. The fraction of sp³-hybridized carbons (Fsp3) is 0.375. The number of imide groups is 1. The number of rotatable bonds is 2. The number of ether oxygens (including phenoxy) is 1. The van der Waals surface area contributed by atoms with Gasteiger partial charge in [-0.3, -0.25) is 19.6 Å². The minimum absolute atomic E-state index is 0.0242. The highest BCUT2D eigenvalue weighted by Gasteiger charge is 2.26. The maximum absolute atomic E-state index is 11.3. The molecule has 0 aromatic carbocycles. The molecular formula is C8H9N3O3. The molecule has 0 unspecified atom stereocenters. The molecule has 1 fully saturated rings. The first-order valence-electron chi connectivity index (χ1n) is 4.16. The Kier molecular flexibility index (Phi) is 2.28. The van der Waals surface area contributed by atoms with E-state index in [-0.39, 0.29) is 31.6 Å². The third-order valence-corrected chi connectivity index (χ3v) is 1.95. The number of carbonyl (C=O) groups is 2. The Morgan fingerprint density at radius 1 is 1.43 bits per heavy atom. The van der Waals surface area contributed by atoms with Crippen LogP contribution in [0.5, 0.6) is 0 Å². The van der Waals surface area contributed by atoms with Gasteiger partial charge >= 0.3 is 0 Å². The number of aromatic nitrogens is 2. The summed E-state index contributed by atoms with van der Waals surface area (Å²) in [4.78, 5) is 23.7. The Morgan fingerprint density at radius 3 is 2.71 bits per heavy atom. The zero-order chi connectivity index (χ0) is 9.97. The van der Waals surface area contributed by atoms with E-state index in [4.69, 9.17) is 4.74 Å². The van der Waals surface area contributed by atoms with Crippen LogP contribution in [0.15, 0.2) is 12.4 Å². The summed E-state index contributed by atoms with van der Waals surface area (Å²) in [5, 5.41) is 6.35. The lowest BCUT2D eigenvalue weighted by atomic mass is 10.3. The number of nitrogens with one attached hydrogen (secondary N) is 1. The first-order valence-corrected chi connectivity index (χ1v) is 4.16. The lowest BCUT2D eigenvalue weighted by Gasteiger charge is -2.24. The van der Waals surface area contributed by atoms with Gasteiger partial charge in [-0.15, -0.1) is 0 Å². The highest BCUT2D eigenvalue weighted by atomic mass is 16.5. The molecule has 0 aliphatic carbocycles. The average Bonchev–Trinajstić information content (AvgIpc) is 2.64. The van der Waals surface area contributed by atoms with Crippen LogP contribution in [0.2, 0.25) is 0 Å². The Hall–Kier alpha value is -1.69. The molecule has 2 heterocycles. The van der Waals surface area contributed by atoms with E-state index in [0.29, 0.717) is 0 Å². The van der Waals surface area contributed by atoms with Crippen molar-refractivity contribution in [3.63, 3.8) is 0 Å². The van der Waals surface area contributed by atoms with Crippen molar-refractivity contribution in [2.24, 2.45) is 0 Å². The third-order valence-electron chi connectivity index (χ3n) is 1.95. The SMILES string of the molecule is O=C1COCC(=O)N1Cc1cn[nH]c1. The van der Waals surface area contributed by atoms with Crippen LogP contribution < -0.4 is 0 Å². The predicted octanol–water partition coefficient (Wildman–Crippen LogP) is -0.705. The van der Waals surface area contributed by atoms with Gasteiger partial charge in [0.15, 0.2) is 0 Å². The molecule has 2 rings (SSSR count). The van der Waals surface area contributed by atoms with Gasteiger partial charge in [0.1, 0.15) is 13.2 Å². The molecule has 1 aromatic rings. The molecule has 6 nitrogen and oxygen atoms in total. The van der Waals surface area contributed by atoms with Gasteiger partial charge in [-0.25, -0.2) is 0 Å². The largest absolute Gasteiger partial charge is 0.362 e. The van der Waals surface area contributed by atoms with Crippen LogP contribution in [0.1, 0.15) is 5.56 Å². The molecule has 1 aliphatic rings. The molecule has 0 saturated carbocycles. The normalized spacial score (nSPS) is 17.6. The maximum Gasteiger partial charge on any atom is 0.255 e. The summed E-state index contributed by atoms with van der Waals surface area (Å²) in [7, 11) is 0. The highest BCUT2D eigenvalue weighted by Crippen LogP contribution is 2.06. The molecule has 1 aromatic heterocycles. The molecule has 1 saturated heterocycles. The van der Waals surface area contributed by atoms with E-state index in [1.54, 1.807) is 12.4 Å². The topological polar surface area (TPSA) is 75.3 Å². The van der Waals surface area contributed by atoms with Crippen LogP contribution in [0.25, 0.3) is 0 Å². The number of carbonyl (C=O) groups excluding carboxylic acids is 2. The molecule has 1 aliphatic heterocycles. The zero-order valence-corrected chi connectivity index (χ0v) is 7.40. The van der Waals surface area contributed by atoms with Crippen molar-refractivity contribution >= 4 is 11.8 Å². The van der Waals surface area contributed by atoms with Gasteiger partial charge in [0.2, 0.25) is 0 Å². The van der Waals surface area contributed by atoms with Crippen molar-refractivity contribution in [2.45, 2.75) is 6.54 Å². The van der Waals surface area contributed by atoms with Crippen molar-refractivity contribution in [3.05, 3.63) is 18.0 Å². The van der Waals surface area contributed by atoms with Crippen LogP contribution in [-0.4, -0.2) is 40.1 Å².